The molecule has 2 heterocycles. The first-order chi connectivity index (χ1) is 14.9. The molecule has 33 heavy (non-hydrogen) atoms. The highest BCUT2D eigenvalue weighted by atomic mass is 35.7. The van der Waals surface area contributed by atoms with E-state index in [0.717, 1.165) is 10.8 Å². The van der Waals surface area contributed by atoms with Crippen LogP contribution < -0.4 is 21.0 Å². The predicted molar refractivity (Wildman–Crippen MR) is 104 cm³/mol. The van der Waals surface area contributed by atoms with E-state index in [4.69, 9.17) is 21.5 Å². The number of aromatic amines is 1. The van der Waals surface area contributed by atoms with E-state index < -0.39 is 63.5 Å². The first-order valence-electron chi connectivity index (χ1n) is 8.57. The first-order valence-corrected chi connectivity index (χ1v) is 14.6. The molecule has 21 heteroatoms. The van der Waals surface area contributed by atoms with Crippen molar-refractivity contribution in [1.82, 2.24) is 9.55 Å². The summed E-state index contributed by atoms with van der Waals surface area (Å²) < 4.78 is 76.9. The maximum Gasteiger partial charge on any atom is 0.369 e. The third-order valence-electron chi connectivity index (χ3n) is 4.18. The first kappa shape index (κ1) is 27.9. The number of alkyl halides is 2. The highest BCUT2D eigenvalue weighted by Gasteiger charge is 2.56. The van der Waals surface area contributed by atoms with Gasteiger partial charge in [-0.3, -0.25) is 23.2 Å². The van der Waals surface area contributed by atoms with Crippen molar-refractivity contribution in [2.75, 3.05) is 13.3 Å². The molecule has 0 aliphatic carbocycles. The van der Waals surface area contributed by atoms with E-state index >= 15 is 0 Å². The Morgan fingerprint density at radius 3 is 2.55 bits per heavy atom. The molecule has 1 saturated heterocycles. The van der Waals surface area contributed by atoms with Gasteiger partial charge in [-0.25, -0.2) is 4.79 Å². The van der Waals surface area contributed by atoms with Crippen LogP contribution in [-0.2, 0) is 27.3 Å². The summed E-state index contributed by atoms with van der Waals surface area (Å²) in [7, 11) is -13.3. The number of nitrogens with zero attached hydrogens (tertiary/aromatic N) is 4. The lowest BCUT2D eigenvalue weighted by atomic mass is 10.1. The second-order valence-electron chi connectivity index (χ2n) is 6.74. The SMILES string of the molecule is Cc1cn([C@H]2C[C@@H](N=[N+]=[N-])[C@@H](COP(=O)([O-])C(F)(F)P(=O)([O-])OP(C)(=O)Cl)O2)c(=O)[nH]c1=O. The minimum atomic E-state index is -6.69. The molecule has 0 bridgehead atoms. The number of halogens is 3. The second kappa shape index (κ2) is 9.71. The highest BCUT2D eigenvalue weighted by Crippen LogP contribution is 2.76. The molecule has 15 nitrogen and oxygen atoms in total. The van der Waals surface area contributed by atoms with Gasteiger partial charge in [-0.15, -0.1) is 0 Å². The molecule has 6 atom stereocenters. The van der Waals surface area contributed by atoms with E-state index in [0.29, 0.717) is 6.66 Å². The summed E-state index contributed by atoms with van der Waals surface area (Å²) >= 11 is 5.00. The molecule has 0 radical (unpaired) electrons. The van der Waals surface area contributed by atoms with Crippen LogP contribution >= 0.6 is 33.2 Å². The zero-order valence-corrected chi connectivity index (χ0v) is 20.0. The van der Waals surface area contributed by atoms with Crippen molar-refractivity contribution >= 4 is 33.2 Å². The van der Waals surface area contributed by atoms with Gasteiger partial charge in [0.25, 0.3) is 12.3 Å². The largest absolute Gasteiger partial charge is 0.774 e. The quantitative estimate of drug-likeness (QED) is 0.200. The van der Waals surface area contributed by atoms with Gasteiger partial charge in [0, 0.05) is 29.8 Å². The van der Waals surface area contributed by atoms with E-state index in [-0.39, 0.29) is 12.0 Å². The molecular weight excluding hydrogens is 541 g/mol. The third kappa shape index (κ3) is 6.20. The lowest BCUT2D eigenvalue weighted by molar-refractivity contribution is -0.234. The monoisotopic (exact) mass is 555 g/mol. The van der Waals surface area contributed by atoms with E-state index in [2.05, 4.69) is 18.9 Å². The van der Waals surface area contributed by atoms with Crippen LogP contribution in [0.1, 0.15) is 18.2 Å². The molecule has 1 N–H and O–H groups in total. The number of aryl methyl sites for hydroxylation is 1. The number of azide groups is 1. The fourth-order valence-corrected chi connectivity index (χ4v) is 7.52. The Hall–Kier alpha value is -1.37. The number of aromatic nitrogens is 2. The molecular formula is C12H15ClF2N5O10P3-2. The summed E-state index contributed by atoms with van der Waals surface area (Å²) in [6.45, 7) is -4.04. The van der Waals surface area contributed by atoms with Gasteiger partial charge in [0.2, 0.25) is 15.2 Å². The van der Waals surface area contributed by atoms with Gasteiger partial charge >= 0.3 is 11.1 Å². The molecule has 0 amide bonds. The van der Waals surface area contributed by atoms with Crippen molar-refractivity contribution in [2.24, 2.45) is 5.11 Å². The Morgan fingerprint density at radius 1 is 1.39 bits per heavy atom. The minimum Gasteiger partial charge on any atom is -0.774 e. The summed E-state index contributed by atoms with van der Waals surface area (Å²) in [5.41, 5.74) is 7.17. The number of hydrogen-bond acceptors (Lipinski definition) is 11. The fourth-order valence-electron chi connectivity index (χ4n) is 2.66. The Kier molecular flexibility index (Phi) is 8.20. The van der Waals surface area contributed by atoms with Crippen molar-refractivity contribution in [3.63, 3.8) is 0 Å². The maximum absolute atomic E-state index is 14.1. The molecule has 0 aromatic carbocycles. The fraction of sp³-hybridized carbons (Fsp3) is 0.667. The molecule has 1 aliphatic rings. The zero-order chi connectivity index (χ0) is 25.4. The van der Waals surface area contributed by atoms with Gasteiger partial charge in [0.15, 0.2) is 0 Å². The molecule has 0 saturated carbocycles. The second-order valence-corrected chi connectivity index (χ2v) is 14.5. The average molecular weight is 556 g/mol. The molecule has 186 valence electrons. The van der Waals surface area contributed by atoms with Gasteiger partial charge < -0.3 is 28.2 Å². The van der Waals surface area contributed by atoms with Crippen LogP contribution in [0.25, 0.3) is 10.4 Å². The van der Waals surface area contributed by atoms with Crippen molar-refractivity contribution in [3.05, 3.63) is 43.0 Å². The van der Waals surface area contributed by atoms with E-state index in [1.54, 1.807) is 0 Å². The van der Waals surface area contributed by atoms with Gasteiger partial charge in [-0.2, -0.15) is 8.78 Å². The summed E-state index contributed by atoms with van der Waals surface area (Å²) in [6.07, 6.45) is -1.90. The van der Waals surface area contributed by atoms with E-state index in [1.807, 2.05) is 4.98 Å². The Bertz CT molecular complexity index is 1230. The van der Waals surface area contributed by atoms with Crippen molar-refractivity contribution in [2.45, 2.75) is 37.1 Å². The standard InChI is InChI=1S/C12H17ClF2N5O10P3/c1-6-4-20(11(22)17-10(6)21)9-3-7(18-19-16)8(29-9)5-28-32(24,25)12(14,15)33(26,27)30-31(2,13)23/h4,7-9H,3,5H2,1-2H3,(H,24,25)(H,26,27)(H,17,21,22)/p-2/t7-,8-,9-,31?/m1/s1. The molecule has 0 spiro atoms. The molecule has 3 unspecified atom stereocenters. The lowest BCUT2D eigenvalue weighted by Gasteiger charge is -2.39. The number of rotatable bonds is 9. The normalized spacial score (nSPS) is 26.6. The lowest BCUT2D eigenvalue weighted by Crippen LogP contribution is -2.34. The number of H-pyrrole nitrogens is 1. The summed E-state index contributed by atoms with van der Waals surface area (Å²) in [6, 6.07) is -1.23. The van der Waals surface area contributed by atoms with Crippen molar-refractivity contribution in [1.29, 1.82) is 0 Å². The van der Waals surface area contributed by atoms with E-state index in [1.165, 1.54) is 6.92 Å². The molecule has 1 aromatic rings. The van der Waals surface area contributed by atoms with Crippen LogP contribution in [0, 0.1) is 6.92 Å². The van der Waals surface area contributed by atoms with Crippen LogP contribution in [0.3, 0.4) is 0 Å². The number of hydrogen-bond donors (Lipinski definition) is 1. The molecule has 1 aliphatic heterocycles. The van der Waals surface area contributed by atoms with E-state index in [9.17, 15) is 41.9 Å². The van der Waals surface area contributed by atoms with Gasteiger partial charge in [-0.05, 0) is 23.7 Å². The number of ether oxygens (including phenoxy) is 1. The van der Waals surface area contributed by atoms with Crippen molar-refractivity contribution in [3.8, 4) is 0 Å². The van der Waals surface area contributed by atoms with Crippen LogP contribution in [0.5, 0.6) is 0 Å². The zero-order valence-electron chi connectivity index (χ0n) is 16.6. The van der Waals surface area contributed by atoms with Crippen LogP contribution in [0.15, 0.2) is 20.9 Å². The summed E-state index contributed by atoms with van der Waals surface area (Å²) in [5, 5.41) is -2.34. The summed E-state index contributed by atoms with van der Waals surface area (Å²) in [4.78, 5) is 51.5. The topological polar surface area (TPSA) is 229 Å². The van der Waals surface area contributed by atoms with Crippen molar-refractivity contribution < 1.29 is 45.8 Å². The molecule has 1 fully saturated rings. The van der Waals surface area contributed by atoms with Crippen LogP contribution in [0.2, 0.25) is 0 Å². The van der Waals surface area contributed by atoms with Gasteiger partial charge in [-0.1, -0.05) is 5.11 Å². The predicted octanol–water partition coefficient (Wildman–Crippen LogP) is 1.56. The third-order valence-corrected chi connectivity index (χ3v) is 10.0. The maximum atomic E-state index is 14.1. The highest BCUT2D eigenvalue weighted by molar-refractivity contribution is 7.89. The van der Waals surface area contributed by atoms with Crippen LogP contribution in [-0.4, -0.2) is 40.4 Å². The Labute approximate surface area is 187 Å². The minimum absolute atomic E-state index is 0.0978. The Balaban J connectivity index is 2.25. The average Bonchev–Trinajstić information content (AvgIpc) is 3.04. The van der Waals surface area contributed by atoms with Gasteiger partial charge in [0.1, 0.15) is 6.23 Å². The summed E-state index contributed by atoms with van der Waals surface area (Å²) in [5.74, 6) is 0. The smallest absolute Gasteiger partial charge is 0.369 e. The van der Waals surface area contributed by atoms with Crippen LogP contribution in [0.4, 0.5) is 8.78 Å². The molecule has 1 aromatic heterocycles. The van der Waals surface area contributed by atoms with Gasteiger partial charge in [0.05, 0.1) is 18.8 Å². The Morgan fingerprint density at radius 2 is 2.00 bits per heavy atom. The number of nitrogens with one attached hydrogen (secondary N) is 1. The molecule has 2 rings (SSSR count).